The third-order valence-corrected chi connectivity index (χ3v) is 3.31. The Labute approximate surface area is 91.1 Å². The van der Waals surface area contributed by atoms with Crippen molar-refractivity contribution in [1.82, 2.24) is 0 Å². The van der Waals surface area contributed by atoms with Crippen LogP contribution in [-0.2, 0) is 14.3 Å². The lowest BCUT2D eigenvalue weighted by molar-refractivity contribution is -0.123. The van der Waals surface area contributed by atoms with Crippen molar-refractivity contribution in [2.24, 2.45) is 0 Å². The Morgan fingerprint density at radius 1 is 1.27 bits per heavy atom. The molecule has 2 rings (SSSR count). The molecule has 15 heavy (non-hydrogen) atoms. The van der Waals surface area contributed by atoms with Gasteiger partial charge in [0.2, 0.25) is 0 Å². The van der Waals surface area contributed by atoms with Crippen molar-refractivity contribution < 1.29 is 14.3 Å². The molecule has 2 fully saturated rings. The molecule has 1 saturated heterocycles. The van der Waals surface area contributed by atoms with E-state index in [1.807, 2.05) is 0 Å². The van der Waals surface area contributed by atoms with E-state index >= 15 is 0 Å². The van der Waals surface area contributed by atoms with Gasteiger partial charge in [0.1, 0.15) is 5.78 Å². The highest BCUT2D eigenvalue weighted by Gasteiger charge is 2.20. The maximum atomic E-state index is 11.0. The average Bonchev–Trinajstić information content (AvgIpc) is 2.74. The van der Waals surface area contributed by atoms with Crippen LogP contribution in [0.4, 0.5) is 0 Å². The molecule has 1 saturated carbocycles. The van der Waals surface area contributed by atoms with Gasteiger partial charge in [0.05, 0.1) is 12.2 Å². The standard InChI is InChI=1S/C12H20O3/c13-10-3-5-12(6-4-10)15-9-7-11-2-1-8-14-11/h11-12H,1-9H2. The summed E-state index contributed by atoms with van der Waals surface area (Å²) in [6.45, 7) is 1.71. The van der Waals surface area contributed by atoms with Gasteiger partial charge in [-0.05, 0) is 32.1 Å². The fourth-order valence-electron chi connectivity index (χ4n) is 2.32. The van der Waals surface area contributed by atoms with Gasteiger partial charge in [0.25, 0.3) is 0 Å². The molecule has 2 aliphatic rings. The monoisotopic (exact) mass is 212 g/mol. The van der Waals surface area contributed by atoms with Gasteiger partial charge in [-0.2, -0.15) is 0 Å². The molecule has 0 spiro atoms. The summed E-state index contributed by atoms with van der Waals surface area (Å²) < 4.78 is 11.3. The van der Waals surface area contributed by atoms with Crippen LogP contribution < -0.4 is 0 Å². The van der Waals surface area contributed by atoms with Crippen LogP contribution in [0.5, 0.6) is 0 Å². The summed E-state index contributed by atoms with van der Waals surface area (Å²) >= 11 is 0. The molecule has 0 aromatic carbocycles. The molecule has 3 nitrogen and oxygen atoms in total. The number of rotatable bonds is 4. The number of carbonyl (C=O) groups is 1. The van der Waals surface area contributed by atoms with Crippen LogP contribution in [0.25, 0.3) is 0 Å². The summed E-state index contributed by atoms with van der Waals surface area (Å²) in [6, 6.07) is 0. The second-order valence-electron chi connectivity index (χ2n) is 4.53. The predicted molar refractivity (Wildman–Crippen MR) is 56.8 cm³/mol. The van der Waals surface area contributed by atoms with Gasteiger partial charge in [0, 0.05) is 26.1 Å². The zero-order valence-corrected chi connectivity index (χ0v) is 9.24. The molecule has 0 aromatic heterocycles. The van der Waals surface area contributed by atoms with E-state index in [4.69, 9.17) is 9.47 Å². The highest BCUT2D eigenvalue weighted by Crippen LogP contribution is 2.20. The van der Waals surface area contributed by atoms with Crippen LogP contribution in [0.3, 0.4) is 0 Å². The van der Waals surface area contributed by atoms with Crippen molar-refractivity contribution >= 4 is 5.78 Å². The number of ketones is 1. The minimum Gasteiger partial charge on any atom is -0.378 e. The van der Waals surface area contributed by atoms with Crippen molar-refractivity contribution in [2.75, 3.05) is 13.2 Å². The van der Waals surface area contributed by atoms with Gasteiger partial charge in [-0.3, -0.25) is 4.79 Å². The molecule has 86 valence electrons. The Bertz CT molecular complexity index is 199. The third-order valence-electron chi connectivity index (χ3n) is 3.31. The van der Waals surface area contributed by atoms with Crippen LogP contribution >= 0.6 is 0 Å². The maximum absolute atomic E-state index is 11.0. The van der Waals surface area contributed by atoms with Gasteiger partial charge < -0.3 is 9.47 Å². The Balaban J connectivity index is 1.55. The van der Waals surface area contributed by atoms with Crippen LogP contribution in [0, 0.1) is 0 Å². The van der Waals surface area contributed by atoms with Gasteiger partial charge >= 0.3 is 0 Å². The van der Waals surface area contributed by atoms with Crippen LogP contribution in [0.1, 0.15) is 44.9 Å². The number of hydrogen-bond acceptors (Lipinski definition) is 3. The smallest absolute Gasteiger partial charge is 0.133 e. The van der Waals surface area contributed by atoms with E-state index in [1.54, 1.807) is 0 Å². The molecule has 3 heteroatoms. The molecule has 0 N–H and O–H groups in total. The third kappa shape index (κ3) is 3.58. The fraction of sp³-hybridized carbons (Fsp3) is 0.917. The van der Waals surface area contributed by atoms with Gasteiger partial charge in [-0.15, -0.1) is 0 Å². The normalized spacial score (nSPS) is 28.5. The van der Waals surface area contributed by atoms with Crippen molar-refractivity contribution in [2.45, 2.75) is 57.2 Å². The molecule has 0 bridgehead atoms. The number of ether oxygens (including phenoxy) is 2. The topological polar surface area (TPSA) is 35.5 Å². The number of carbonyl (C=O) groups excluding carboxylic acids is 1. The summed E-state index contributed by atoms with van der Waals surface area (Å²) in [5.41, 5.74) is 0. The molecule has 0 aromatic rings. The molecule has 1 heterocycles. The molecule has 1 unspecified atom stereocenters. The van der Waals surface area contributed by atoms with E-state index in [2.05, 4.69) is 0 Å². The van der Waals surface area contributed by atoms with E-state index < -0.39 is 0 Å². The van der Waals surface area contributed by atoms with E-state index in [1.165, 1.54) is 12.8 Å². The van der Waals surface area contributed by atoms with E-state index in [-0.39, 0.29) is 0 Å². The first kappa shape index (κ1) is 11.1. The lowest BCUT2D eigenvalue weighted by atomic mass is 9.96. The molecule has 1 aliphatic carbocycles. The van der Waals surface area contributed by atoms with E-state index in [0.717, 1.165) is 32.5 Å². The second-order valence-corrected chi connectivity index (χ2v) is 4.53. The lowest BCUT2D eigenvalue weighted by Gasteiger charge is -2.22. The Kier molecular flexibility index (Phi) is 4.15. The van der Waals surface area contributed by atoms with Crippen LogP contribution in [0.2, 0.25) is 0 Å². The zero-order chi connectivity index (χ0) is 10.5. The fourth-order valence-corrected chi connectivity index (χ4v) is 2.32. The first-order valence-electron chi connectivity index (χ1n) is 6.09. The number of Topliss-reactive ketones (excluding diaryl/α,β-unsaturated/α-hetero) is 1. The quantitative estimate of drug-likeness (QED) is 0.715. The summed E-state index contributed by atoms with van der Waals surface area (Å²) in [5, 5.41) is 0. The van der Waals surface area contributed by atoms with E-state index in [9.17, 15) is 4.79 Å². The van der Waals surface area contributed by atoms with Crippen molar-refractivity contribution in [3.05, 3.63) is 0 Å². The van der Waals surface area contributed by atoms with Gasteiger partial charge in [-0.1, -0.05) is 0 Å². The molecular weight excluding hydrogens is 192 g/mol. The van der Waals surface area contributed by atoms with Crippen molar-refractivity contribution in [3.8, 4) is 0 Å². The van der Waals surface area contributed by atoms with Gasteiger partial charge in [0.15, 0.2) is 0 Å². The summed E-state index contributed by atoms with van der Waals surface area (Å²) in [5.74, 6) is 0.397. The van der Waals surface area contributed by atoms with Crippen LogP contribution in [-0.4, -0.2) is 31.2 Å². The highest BCUT2D eigenvalue weighted by molar-refractivity contribution is 5.79. The molecule has 1 aliphatic heterocycles. The zero-order valence-electron chi connectivity index (χ0n) is 9.24. The predicted octanol–water partition coefficient (Wildman–Crippen LogP) is 2.08. The van der Waals surface area contributed by atoms with Crippen LogP contribution in [0.15, 0.2) is 0 Å². The average molecular weight is 212 g/mol. The Morgan fingerprint density at radius 3 is 2.73 bits per heavy atom. The van der Waals surface area contributed by atoms with Gasteiger partial charge in [-0.25, -0.2) is 0 Å². The first-order valence-corrected chi connectivity index (χ1v) is 6.09. The minimum atomic E-state index is 0.323. The molecule has 0 radical (unpaired) electrons. The number of hydrogen-bond donors (Lipinski definition) is 0. The summed E-state index contributed by atoms with van der Waals surface area (Å²) in [7, 11) is 0. The highest BCUT2D eigenvalue weighted by atomic mass is 16.5. The van der Waals surface area contributed by atoms with Crippen molar-refractivity contribution in [1.29, 1.82) is 0 Å². The summed E-state index contributed by atoms with van der Waals surface area (Å²) in [6.07, 6.45) is 7.42. The molecule has 1 atom stereocenters. The van der Waals surface area contributed by atoms with E-state index in [0.29, 0.717) is 30.8 Å². The Morgan fingerprint density at radius 2 is 2.07 bits per heavy atom. The van der Waals surface area contributed by atoms with Crippen molar-refractivity contribution in [3.63, 3.8) is 0 Å². The minimum absolute atomic E-state index is 0.323. The largest absolute Gasteiger partial charge is 0.378 e. The first-order chi connectivity index (χ1) is 7.34. The molecular formula is C12H20O3. The summed E-state index contributed by atoms with van der Waals surface area (Å²) in [4.78, 5) is 11.0. The second kappa shape index (κ2) is 5.61. The lowest BCUT2D eigenvalue weighted by Crippen LogP contribution is -2.23. The maximum Gasteiger partial charge on any atom is 0.133 e. The Hall–Kier alpha value is -0.410. The SMILES string of the molecule is O=C1CCC(OCCC2CCCO2)CC1. The molecule has 0 amide bonds.